The highest BCUT2D eigenvalue weighted by molar-refractivity contribution is 6.31. The molecule has 0 saturated heterocycles. The number of rotatable bonds is 2. The molecule has 0 spiro atoms. The largest absolute Gasteiger partial charge is 0.496 e. The van der Waals surface area contributed by atoms with Crippen LogP contribution in [-0.2, 0) is 0 Å². The van der Waals surface area contributed by atoms with E-state index in [1.54, 1.807) is 7.11 Å². The Morgan fingerprint density at radius 1 is 0.900 bits per heavy atom. The summed E-state index contributed by atoms with van der Waals surface area (Å²) in [4.78, 5) is 12.0. The van der Waals surface area contributed by atoms with Crippen molar-refractivity contribution in [1.82, 2.24) is 15.0 Å². The first-order valence-electron chi connectivity index (χ1n) is 5.82. The second-order valence-electron chi connectivity index (χ2n) is 4.06. The average Bonchev–Trinajstić information content (AvgIpc) is 2.45. The predicted octanol–water partition coefficient (Wildman–Crippen LogP) is 4.01. The van der Waals surface area contributed by atoms with Crippen LogP contribution in [0.3, 0.4) is 0 Å². The van der Waals surface area contributed by atoms with Gasteiger partial charge in [-0.15, -0.1) is 0 Å². The third kappa shape index (κ3) is 2.28. The van der Waals surface area contributed by atoms with Crippen LogP contribution in [0.15, 0.2) is 36.4 Å². The summed E-state index contributed by atoms with van der Waals surface area (Å²) in [6.45, 7) is 0. The van der Waals surface area contributed by atoms with Gasteiger partial charge in [-0.2, -0.15) is 15.0 Å². The predicted molar refractivity (Wildman–Crippen MR) is 79.3 cm³/mol. The van der Waals surface area contributed by atoms with Crippen LogP contribution in [0.4, 0.5) is 0 Å². The van der Waals surface area contributed by atoms with E-state index in [1.807, 2.05) is 36.4 Å². The third-order valence-corrected chi connectivity index (χ3v) is 3.25. The van der Waals surface area contributed by atoms with Gasteiger partial charge in [-0.05, 0) is 40.0 Å². The summed E-state index contributed by atoms with van der Waals surface area (Å²) in [5.74, 6) is 1.05. The molecule has 3 rings (SSSR count). The Bertz CT molecular complexity index is 772. The standard InChI is InChI=1S/C14H9Cl2N3O/c1-20-10-7-6-8-4-2-3-5-9(8)11(10)12-17-13(15)19-14(16)18-12/h2-7H,1H3. The molecule has 1 aromatic heterocycles. The molecule has 0 bridgehead atoms. The smallest absolute Gasteiger partial charge is 0.227 e. The lowest BCUT2D eigenvalue weighted by atomic mass is 10.0. The first-order valence-corrected chi connectivity index (χ1v) is 6.58. The average molecular weight is 306 g/mol. The summed E-state index contributed by atoms with van der Waals surface area (Å²) < 4.78 is 5.40. The summed E-state index contributed by atoms with van der Waals surface area (Å²) in [5.41, 5.74) is 0.747. The van der Waals surface area contributed by atoms with Crippen molar-refractivity contribution in [3.8, 4) is 17.1 Å². The van der Waals surface area contributed by atoms with Crippen molar-refractivity contribution < 1.29 is 4.74 Å². The molecule has 0 fully saturated rings. The van der Waals surface area contributed by atoms with E-state index in [0.717, 1.165) is 16.3 Å². The van der Waals surface area contributed by atoms with Crippen molar-refractivity contribution in [3.63, 3.8) is 0 Å². The molecular formula is C14H9Cl2N3O. The molecule has 0 unspecified atom stereocenters. The number of hydrogen-bond acceptors (Lipinski definition) is 4. The fraction of sp³-hybridized carbons (Fsp3) is 0.0714. The Labute approximate surface area is 125 Å². The zero-order valence-corrected chi connectivity index (χ0v) is 12.0. The second-order valence-corrected chi connectivity index (χ2v) is 4.74. The van der Waals surface area contributed by atoms with Crippen molar-refractivity contribution in [2.75, 3.05) is 7.11 Å². The maximum atomic E-state index is 5.86. The van der Waals surface area contributed by atoms with Gasteiger partial charge >= 0.3 is 0 Å². The molecule has 0 saturated carbocycles. The maximum Gasteiger partial charge on any atom is 0.227 e. The highest BCUT2D eigenvalue weighted by Gasteiger charge is 2.15. The highest BCUT2D eigenvalue weighted by Crippen LogP contribution is 2.35. The number of benzene rings is 2. The van der Waals surface area contributed by atoms with Crippen molar-refractivity contribution in [2.24, 2.45) is 0 Å². The van der Waals surface area contributed by atoms with Crippen LogP contribution < -0.4 is 4.74 Å². The normalized spacial score (nSPS) is 10.8. The van der Waals surface area contributed by atoms with Gasteiger partial charge in [0.15, 0.2) is 5.82 Å². The zero-order chi connectivity index (χ0) is 14.1. The highest BCUT2D eigenvalue weighted by atomic mass is 35.5. The van der Waals surface area contributed by atoms with Crippen molar-refractivity contribution in [1.29, 1.82) is 0 Å². The molecular weight excluding hydrogens is 297 g/mol. The number of hydrogen-bond donors (Lipinski definition) is 0. The summed E-state index contributed by atoms with van der Waals surface area (Å²) in [6.07, 6.45) is 0. The molecule has 0 atom stereocenters. The fourth-order valence-corrected chi connectivity index (χ4v) is 2.45. The van der Waals surface area contributed by atoms with Crippen LogP contribution in [-0.4, -0.2) is 22.1 Å². The van der Waals surface area contributed by atoms with Crippen molar-refractivity contribution in [3.05, 3.63) is 47.0 Å². The minimum absolute atomic E-state index is 0.0509. The number of halogens is 2. The van der Waals surface area contributed by atoms with E-state index in [1.165, 1.54) is 0 Å². The summed E-state index contributed by atoms with van der Waals surface area (Å²) in [6, 6.07) is 11.7. The third-order valence-electron chi connectivity index (χ3n) is 2.92. The number of ether oxygens (including phenoxy) is 1. The van der Waals surface area contributed by atoms with E-state index < -0.39 is 0 Å². The molecule has 0 N–H and O–H groups in total. The molecule has 20 heavy (non-hydrogen) atoms. The monoisotopic (exact) mass is 305 g/mol. The number of methoxy groups -OCH3 is 1. The van der Waals surface area contributed by atoms with E-state index in [9.17, 15) is 0 Å². The van der Waals surface area contributed by atoms with Gasteiger partial charge in [-0.25, -0.2) is 0 Å². The summed E-state index contributed by atoms with van der Waals surface area (Å²) >= 11 is 11.7. The van der Waals surface area contributed by atoms with Crippen LogP contribution in [0.25, 0.3) is 22.2 Å². The first-order chi connectivity index (χ1) is 9.69. The molecule has 0 amide bonds. The Hall–Kier alpha value is -1.91. The van der Waals surface area contributed by atoms with Crippen LogP contribution in [0, 0.1) is 0 Å². The van der Waals surface area contributed by atoms with Crippen LogP contribution in [0.2, 0.25) is 10.6 Å². The van der Waals surface area contributed by atoms with E-state index >= 15 is 0 Å². The topological polar surface area (TPSA) is 47.9 Å². The van der Waals surface area contributed by atoms with E-state index in [4.69, 9.17) is 27.9 Å². The lowest BCUT2D eigenvalue weighted by Gasteiger charge is -2.11. The lowest BCUT2D eigenvalue weighted by Crippen LogP contribution is -1.97. The Kier molecular flexibility index (Phi) is 3.42. The first kappa shape index (κ1) is 13.1. The maximum absolute atomic E-state index is 5.86. The zero-order valence-electron chi connectivity index (χ0n) is 10.5. The molecule has 4 nitrogen and oxygen atoms in total. The number of aromatic nitrogens is 3. The van der Waals surface area contributed by atoms with Crippen molar-refractivity contribution in [2.45, 2.75) is 0 Å². The van der Waals surface area contributed by atoms with Crippen LogP contribution in [0.5, 0.6) is 5.75 Å². The van der Waals surface area contributed by atoms with Crippen molar-refractivity contribution >= 4 is 34.0 Å². The Morgan fingerprint density at radius 2 is 1.60 bits per heavy atom. The SMILES string of the molecule is COc1ccc2ccccc2c1-c1nc(Cl)nc(Cl)n1. The molecule has 1 heterocycles. The Morgan fingerprint density at radius 3 is 2.30 bits per heavy atom. The minimum Gasteiger partial charge on any atom is -0.496 e. The van der Waals surface area contributed by atoms with Gasteiger partial charge in [-0.3, -0.25) is 0 Å². The molecule has 6 heteroatoms. The van der Waals surface area contributed by atoms with Gasteiger partial charge in [-0.1, -0.05) is 30.3 Å². The quantitative estimate of drug-likeness (QED) is 0.718. The number of fused-ring (bicyclic) bond motifs is 1. The van der Waals surface area contributed by atoms with E-state index in [0.29, 0.717) is 11.6 Å². The number of nitrogens with zero attached hydrogens (tertiary/aromatic N) is 3. The van der Waals surface area contributed by atoms with Gasteiger partial charge in [0.2, 0.25) is 10.6 Å². The molecule has 0 aliphatic carbocycles. The molecule has 2 aromatic carbocycles. The van der Waals surface area contributed by atoms with Crippen LogP contribution >= 0.6 is 23.2 Å². The second kappa shape index (κ2) is 5.23. The van der Waals surface area contributed by atoms with E-state index in [-0.39, 0.29) is 10.6 Å². The molecule has 0 radical (unpaired) electrons. The van der Waals surface area contributed by atoms with Crippen LogP contribution in [0.1, 0.15) is 0 Å². The van der Waals surface area contributed by atoms with Gasteiger partial charge in [0, 0.05) is 0 Å². The van der Waals surface area contributed by atoms with Gasteiger partial charge in [0.25, 0.3) is 0 Å². The molecule has 0 aliphatic heterocycles. The minimum atomic E-state index is 0.0509. The fourth-order valence-electron chi connectivity index (χ4n) is 2.09. The summed E-state index contributed by atoms with van der Waals surface area (Å²) in [7, 11) is 1.60. The summed E-state index contributed by atoms with van der Waals surface area (Å²) in [5, 5.41) is 2.12. The molecule has 0 aliphatic rings. The lowest BCUT2D eigenvalue weighted by molar-refractivity contribution is 0.416. The molecule has 100 valence electrons. The van der Waals surface area contributed by atoms with Gasteiger partial charge < -0.3 is 4.74 Å². The van der Waals surface area contributed by atoms with Gasteiger partial charge in [0.05, 0.1) is 12.7 Å². The Balaban J connectivity index is 2.38. The van der Waals surface area contributed by atoms with E-state index in [2.05, 4.69) is 15.0 Å². The molecule has 3 aromatic rings. The van der Waals surface area contributed by atoms with Gasteiger partial charge in [0.1, 0.15) is 5.75 Å².